The van der Waals surface area contributed by atoms with E-state index in [2.05, 4.69) is 167 Å². The maximum Gasteiger partial charge on any atom is 0.0809 e. The highest BCUT2D eigenvalue weighted by atomic mass is 15.0. The Kier molecular flexibility index (Phi) is 5.47. The molecule has 0 saturated heterocycles. The molecule has 0 unspecified atom stereocenters. The second-order valence-electron chi connectivity index (χ2n) is 13.9. The summed E-state index contributed by atoms with van der Waals surface area (Å²) in [4.78, 5) is 9.97. The smallest absolute Gasteiger partial charge is 0.0809 e. The Balaban J connectivity index is 1.09. The van der Waals surface area contributed by atoms with Crippen molar-refractivity contribution in [3.63, 3.8) is 0 Å². The zero-order chi connectivity index (χ0) is 33.9. The molecule has 0 atom stereocenters. The van der Waals surface area contributed by atoms with Crippen LogP contribution in [0.3, 0.4) is 0 Å². The van der Waals surface area contributed by atoms with Crippen LogP contribution in [0.5, 0.6) is 0 Å². The summed E-state index contributed by atoms with van der Waals surface area (Å²) in [6.45, 7) is 0. The van der Waals surface area contributed by atoms with Crippen molar-refractivity contribution in [2.45, 2.75) is 0 Å². The molecule has 4 heterocycles. The second kappa shape index (κ2) is 10.3. The van der Waals surface area contributed by atoms with Crippen molar-refractivity contribution in [1.82, 2.24) is 19.1 Å². The highest BCUT2D eigenvalue weighted by molar-refractivity contribution is 6.16. The van der Waals surface area contributed by atoms with E-state index in [1.807, 2.05) is 12.4 Å². The van der Waals surface area contributed by atoms with Gasteiger partial charge < -0.3 is 9.13 Å². The minimum Gasteiger partial charge on any atom is -0.309 e. The van der Waals surface area contributed by atoms with Crippen LogP contribution >= 0.6 is 0 Å². The lowest BCUT2D eigenvalue weighted by molar-refractivity contribution is 1.15. The standard InChI is InChI=1S/C48H28N4/c1-2-12-34(13-3-1)51-42-16-7-6-14-36(42)38-24-32(17-19-43(38)51)33-18-20-44-39(25-33)40-23-30-9-4-5-10-31(30)26-45(40)52(44)35-27-41-47(50-28-35)37-15-8-11-29-21-22-49-48(41)46(29)37/h1-28H. The Bertz CT molecular complexity index is 3290. The number of para-hydroxylation sites is 2. The Morgan fingerprint density at radius 3 is 1.85 bits per heavy atom. The fourth-order valence-corrected chi connectivity index (χ4v) is 8.77. The zero-order valence-electron chi connectivity index (χ0n) is 28.0. The summed E-state index contributed by atoms with van der Waals surface area (Å²) in [6, 6.07) is 57.3. The van der Waals surface area contributed by atoms with Crippen LogP contribution in [0.4, 0.5) is 0 Å². The molecular formula is C48H28N4. The van der Waals surface area contributed by atoms with Crippen LogP contribution in [0.1, 0.15) is 0 Å². The molecule has 0 aliphatic heterocycles. The molecule has 1 aliphatic carbocycles. The monoisotopic (exact) mass is 660 g/mol. The maximum atomic E-state index is 5.11. The zero-order valence-corrected chi connectivity index (χ0v) is 28.0. The number of nitrogens with zero attached hydrogens (tertiary/aromatic N) is 4. The first-order valence-electron chi connectivity index (χ1n) is 17.7. The van der Waals surface area contributed by atoms with E-state index in [0.717, 1.165) is 39.2 Å². The summed E-state index contributed by atoms with van der Waals surface area (Å²) >= 11 is 0. The Labute approximate surface area is 298 Å². The van der Waals surface area contributed by atoms with Crippen LogP contribution in [0, 0.1) is 0 Å². The van der Waals surface area contributed by atoms with Gasteiger partial charge in [-0.05, 0) is 94.0 Å². The van der Waals surface area contributed by atoms with Gasteiger partial charge >= 0.3 is 0 Å². The molecule has 11 aromatic rings. The molecule has 0 amide bonds. The molecule has 0 bridgehead atoms. The van der Waals surface area contributed by atoms with Crippen LogP contribution in [0.15, 0.2) is 170 Å². The quantitative estimate of drug-likeness (QED) is 0.189. The molecule has 4 aromatic heterocycles. The average molecular weight is 661 g/mol. The molecule has 7 aromatic carbocycles. The van der Waals surface area contributed by atoms with Crippen LogP contribution in [0.25, 0.3) is 110 Å². The highest BCUT2D eigenvalue weighted by Crippen LogP contribution is 2.46. The van der Waals surface area contributed by atoms with E-state index in [9.17, 15) is 0 Å². The van der Waals surface area contributed by atoms with Crippen molar-refractivity contribution in [2.24, 2.45) is 0 Å². The van der Waals surface area contributed by atoms with Gasteiger partial charge in [-0.25, -0.2) is 0 Å². The van der Waals surface area contributed by atoms with Gasteiger partial charge in [0.25, 0.3) is 0 Å². The third-order valence-electron chi connectivity index (χ3n) is 11.1. The topological polar surface area (TPSA) is 35.6 Å². The molecule has 52 heavy (non-hydrogen) atoms. The van der Waals surface area contributed by atoms with Crippen LogP contribution in [-0.4, -0.2) is 19.1 Å². The van der Waals surface area contributed by atoms with Crippen molar-refractivity contribution < 1.29 is 0 Å². The third-order valence-corrected chi connectivity index (χ3v) is 11.1. The van der Waals surface area contributed by atoms with E-state index in [-0.39, 0.29) is 0 Å². The lowest BCUT2D eigenvalue weighted by atomic mass is 10.00. The van der Waals surface area contributed by atoms with Crippen LogP contribution in [-0.2, 0) is 0 Å². The number of fused-ring (bicyclic) bond motifs is 10. The van der Waals surface area contributed by atoms with Gasteiger partial charge in [0.05, 0.1) is 45.3 Å². The summed E-state index contributed by atoms with van der Waals surface area (Å²) in [5, 5.41) is 9.77. The summed E-state index contributed by atoms with van der Waals surface area (Å²) in [5.74, 6) is 0. The van der Waals surface area contributed by atoms with Crippen molar-refractivity contribution >= 4 is 65.2 Å². The SMILES string of the molecule is c1ccc(-n2c3ccccc3c3cc(-c4ccc5c(c4)c4cc6ccccc6cc4n5-c4cnc5c(c4)-c4nccc6cccc-5c46)ccc32)cc1. The lowest BCUT2D eigenvalue weighted by Crippen LogP contribution is -1.97. The van der Waals surface area contributed by atoms with E-state index in [0.29, 0.717) is 0 Å². The second-order valence-corrected chi connectivity index (χ2v) is 13.9. The van der Waals surface area contributed by atoms with Crippen LogP contribution < -0.4 is 0 Å². The predicted octanol–water partition coefficient (Wildman–Crippen LogP) is 12.3. The van der Waals surface area contributed by atoms with E-state index in [4.69, 9.17) is 9.97 Å². The Morgan fingerprint density at radius 2 is 1.02 bits per heavy atom. The molecule has 0 radical (unpaired) electrons. The first-order chi connectivity index (χ1) is 25.8. The number of aromatic nitrogens is 4. The maximum absolute atomic E-state index is 5.11. The fraction of sp³-hybridized carbons (Fsp3) is 0. The molecule has 4 heteroatoms. The molecule has 0 N–H and O–H groups in total. The largest absolute Gasteiger partial charge is 0.309 e. The molecule has 4 nitrogen and oxygen atoms in total. The van der Waals surface area contributed by atoms with Crippen molar-refractivity contribution in [1.29, 1.82) is 0 Å². The first-order valence-corrected chi connectivity index (χ1v) is 17.7. The lowest BCUT2D eigenvalue weighted by Gasteiger charge is -2.11. The normalized spacial score (nSPS) is 12.2. The summed E-state index contributed by atoms with van der Waals surface area (Å²) in [6.07, 6.45) is 3.94. The summed E-state index contributed by atoms with van der Waals surface area (Å²) in [5.41, 5.74) is 13.6. The predicted molar refractivity (Wildman–Crippen MR) is 216 cm³/mol. The molecule has 0 saturated carbocycles. The third kappa shape index (κ3) is 3.75. The van der Waals surface area contributed by atoms with Gasteiger partial charge in [0.2, 0.25) is 0 Å². The number of benzene rings is 7. The van der Waals surface area contributed by atoms with E-state index in [1.165, 1.54) is 70.9 Å². The van der Waals surface area contributed by atoms with Gasteiger partial charge in [0.1, 0.15) is 0 Å². The van der Waals surface area contributed by atoms with Crippen molar-refractivity contribution in [3.05, 3.63) is 170 Å². The Morgan fingerprint density at radius 1 is 0.365 bits per heavy atom. The van der Waals surface area contributed by atoms with E-state index in [1.54, 1.807) is 0 Å². The van der Waals surface area contributed by atoms with Gasteiger partial charge in [0.15, 0.2) is 0 Å². The minimum atomic E-state index is 1.00. The van der Waals surface area contributed by atoms with Crippen molar-refractivity contribution in [2.75, 3.05) is 0 Å². The van der Waals surface area contributed by atoms with Crippen LogP contribution in [0.2, 0.25) is 0 Å². The molecule has 240 valence electrons. The number of rotatable bonds is 3. The molecule has 12 rings (SSSR count). The van der Waals surface area contributed by atoms with E-state index >= 15 is 0 Å². The summed E-state index contributed by atoms with van der Waals surface area (Å²) in [7, 11) is 0. The average Bonchev–Trinajstić information content (AvgIpc) is 3.83. The molecule has 1 aliphatic rings. The first kappa shape index (κ1) is 27.7. The number of hydrogen-bond donors (Lipinski definition) is 0. The Hall–Kier alpha value is -7.04. The van der Waals surface area contributed by atoms with Gasteiger partial charge in [0, 0.05) is 49.9 Å². The van der Waals surface area contributed by atoms with Gasteiger partial charge in [-0.15, -0.1) is 0 Å². The number of pyridine rings is 2. The molecule has 0 fully saturated rings. The fourth-order valence-electron chi connectivity index (χ4n) is 8.77. The van der Waals surface area contributed by atoms with Gasteiger partial charge in [-0.3, -0.25) is 9.97 Å². The van der Waals surface area contributed by atoms with Gasteiger partial charge in [-0.1, -0.05) is 91.0 Å². The highest BCUT2D eigenvalue weighted by Gasteiger charge is 2.25. The van der Waals surface area contributed by atoms with Gasteiger partial charge in [-0.2, -0.15) is 0 Å². The summed E-state index contributed by atoms with van der Waals surface area (Å²) < 4.78 is 4.75. The van der Waals surface area contributed by atoms with Crippen molar-refractivity contribution in [3.8, 4) is 45.0 Å². The van der Waals surface area contributed by atoms with E-state index < -0.39 is 0 Å². The molecule has 0 spiro atoms. The minimum absolute atomic E-state index is 1.00. The molecular weight excluding hydrogens is 633 g/mol. The number of hydrogen-bond acceptors (Lipinski definition) is 2.